The molecule has 1 atom stereocenters. The quantitative estimate of drug-likeness (QED) is 0.556. The summed E-state index contributed by atoms with van der Waals surface area (Å²) in [5.74, 6) is 0. The Hall–Kier alpha value is -0.0800. The molecule has 1 N–H and O–H groups in total. The molecule has 0 saturated carbocycles. The second-order valence-corrected chi connectivity index (χ2v) is 5.65. The second-order valence-electron chi connectivity index (χ2n) is 5.65. The monoisotopic (exact) mass is 255 g/mol. The third-order valence-corrected chi connectivity index (χ3v) is 3.87. The third kappa shape index (κ3) is 8.93. The van der Waals surface area contributed by atoms with E-state index in [4.69, 9.17) is 4.74 Å². The molecule has 0 bridgehead atoms. The number of hydrogen-bond donors (Lipinski definition) is 1. The van der Waals surface area contributed by atoms with Gasteiger partial charge in [0.05, 0.1) is 6.10 Å². The van der Waals surface area contributed by atoms with Gasteiger partial charge >= 0.3 is 0 Å². The van der Waals surface area contributed by atoms with Crippen LogP contribution in [0.3, 0.4) is 0 Å². The van der Waals surface area contributed by atoms with Crippen molar-refractivity contribution >= 4 is 0 Å². The zero-order valence-corrected chi connectivity index (χ0v) is 12.4. The summed E-state index contributed by atoms with van der Waals surface area (Å²) in [6.07, 6.45) is 15.5. The molecule has 0 radical (unpaired) electrons. The van der Waals surface area contributed by atoms with Crippen molar-refractivity contribution in [3.8, 4) is 0 Å². The summed E-state index contributed by atoms with van der Waals surface area (Å²) < 4.78 is 5.72. The Morgan fingerprint density at radius 1 is 0.944 bits per heavy atom. The lowest BCUT2D eigenvalue weighted by Crippen LogP contribution is -2.25. The van der Waals surface area contributed by atoms with E-state index in [9.17, 15) is 0 Å². The van der Waals surface area contributed by atoms with Crippen LogP contribution >= 0.6 is 0 Å². The van der Waals surface area contributed by atoms with Gasteiger partial charge in [-0.2, -0.15) is 0 Å². The first-order valence-electron chi connectivity index (χ1n) is 8.26. The van der Waals surface area contributed by atoms with E-state index in [0.717, 1.165) is 13.2 Å². The van der Waals surface area contributed by atoms with Gasteiger partial charge in [0, 0.05) is 6.61 Å². The largest absolute Gasteiger partial charge is 0.378 e. The van der Waals surface area contributed by atoms with Gasteiger partial charge in [0.2, 0.25) is 0 Å². The smallest absolute Gasteiger partial charge is 0.0587 e. The lowest BCUT2D eigenvalue weighted by atomic mass is 10.1. The molecule has 0 aromatic carbocycles. The highest BCUT2D eigenvalue weighted by molar-refractivity contribution is 4.64. The van der Waals surface area contributed by atoms with Crippen LogP contribution in [0.25, 0.3) is 0 Å². The Labute approximate surface area is 114 Å². The average molecular weight is 255 g/mol. The van der Waals surface area contributed by atoms with Crippen LogP contribution in [0.1, 0.15) is 77.6 Å². The molecular weight excluding hydrogens is 222 g/mol. The van der Waals surface area contributed by atoms with Crippen molar-refractivity contribution in [1.82, 2.24) is 5.32 Å². The van der Waals surface area contributed by atoms with Gasteiger partial charge in [-0.3, -0.25) is 0 Å². The number of hydrogen-bond acceptors (Lipinski definition) is 2. The van der Waals surface area contributed by atoms with Gasteiger partial charge in [-0.1, -0.05) is 45.4 Å². The number of rotatable bonds is 11. The van der Waals surface area contributed by atoms with Crippen molar-refractivity contribution in [1.29, 1.82) is 0 Å². The zero-order valence-electron chi connectivity index (χ0n) is 12.4. The molecule has 1 rings (SSSR count). The van der Waals surface area contributed by atoms with Gasteiger partial charge in [0.25, 0.3) is 0 Å². The maximum atomic E-state index is 5.72. The number of nitrogens with one attached hydrogen (secondary N) is 1. The van der Waals surface area contributed by atoms with E-state index in [2.05, 4.69) is 12.2 Å². The predicted octanol–water partition coefficient (Wildman–Crippen LogP) is 4.29. The maximum absolute atomic E-state index is 5.72. The Kier molecular flexibility index (Phi) is 10.6. The molecule has 1 fully saturated rings. The maximum Gasteiger partial charge on any atom is 0.0587 e. The minimum absolute atomic E-state index is 0.542. The summed E-state index contributed by atoms with van der Waals surface area (Å²) in [5.41, 5.74) is 0. The summed E-state index contributed by atoms with van der Waals surface area (Å²) in [7, 11) is 0. The minimum atomic E-state index is 0.542. The first kappa shape index (κ1) is 16.0. The fourth-order valence-electron chi connectivity index (χ4n) is 2.63. The highest BCUT2D eigenvalue weighted by atomic mass is 16.5. The molecule has 108 valence electrons. The van der Waals surface area contributed by atoms with Crippen molar-refractivity contribution in [2.45, 2.75) is 83.7 Å². The molecule has 0 aromatic heterocycles. The zero-order chi connectivity index (χ0) is 12.9. The van der Waals surface area contributed by atoms with E-state index in [-0.39, 0.29) is 0 Å². The van der Waals surface area contributed by atoms with Crippen LogP contribution in [-0.2, 0) is 4.74 Å². The van der Waals surface area contributed by atoms with Crippen LogP contribution in [0, 0.1) is 0 Å². The first-order chi connectivity index (χ1) is 8.93. The molecule has 2 heteroatoms. The van der Waals surface area contributed by atoms with E-state index in [0.29, 0.717) is 6.10 Å². The number of ether oxygens (including phenoxy) is 1. The topological polar surface area (TPSA) is 21.3 Å². The van der Waals surface area contributed by atoms with Crippen LogP contribution in [0.4, 0.5) is 0 Å². The van der Waals surface area contributed by atoms with Crippen molar-refractivity contribution < 1.29 is 4.74 Å². The van der Waals surface area contributed by atoms with Crippen molar-refractivity contribution in [3.63, 3.8) is 0 Å². The molecule has 2 nitrogen and oxygen atoms in total. The average Bonchev–Trinajstić information content (AvgIpc) is 2.42. The molecule has 1 unspecified atom stereocenters. The van der Waals surface area contributed by atoms with Crippen molar-refractivity contribution in [3.05, 3.63) is 0 Å². The molecule has 18 heavy (non-hydrogen) atoms. The first-order valence-corrected chi connectivity index (χ1v) is 8.26. The molecule has 0 amide bonds. The highest BCUT2D eigenvalue weighted by Crippen LogP contribution is 2.14. The summed E-state index contributed by atoms with van der Waals surface area (Å²) in [6.45, 7) is 5.60. The van der Waals surface area contributed by atoms with E-state index in [1.165, 1.54) is 77.2 Å². The van der Waals surface area contributed by atoms with Gasteiger partial charge in [-0.15, -0.1) is 0 Å². The molecule has 1 saturated heterocycles. The Morgan fingerprint density at radius 3 is 2.44 bits per heavy atom. The summed E-state index contributed by atoms with van der Waals surface area (Å²) in [4.78, 5) is 0. The van der Waals surface area contributed by atoms with E-state index in [1.54, 1.807) is 0 Å². The van der Waals surface area contributed by atoms with Gasteiger partial charge in [-0.05, 0) is 45.2 Å². The fraction of sp³-hybridized carbons (Fsp3) is 1.00. The van der Waals surface area contributed by atoms with E-state index >= 15 is 0 Å². The van der Waals surface area contributed by atoms with Crippen LogP contribution in [-0.4, -0.2) is 25.8 Å². The second kappa shape index (κ2) is 12.0. The Morgan fingerprint density at radius 2 is 1.72 bits per heavy atom. The molecular formula is C16H33NO. The summed E-state index contributed by atoms with van der Waals surface area (Å²) >= 11 is 0. The fourth-order valence-corrected chi connectivity index (χ4v) is 2.63. The highest BCUT2D eigenvalue weighted by Gasteiger charge is 2.12. The van der Waals surface area contributed by atoms with Gasteiger partial charge in [0.15, 0.2) is 0 Å². The molecule has 1 aliphatic rings. The third-order valence-electron chi connectivity index (χ3n) is 3.87. The molecule has 1 aliphatic heterocycles. The van der Waals surface area contributed by atoms with Gasteiger partial charge in [-0.25, -0.2) is 0 Å². The molecule has 0 spiro atoms. The van der Waals surface area contributed by atoms with Crippen molar-refractivity contribution in [2.24, 2.45) is 0 Å². The lowest BCUT2D eigenvalue weighted by molar-refractivity contribution is 0.0116. The SMILES string of the molecule is CCCCCCCCCNCCC1CCCCO1. The van der Waals surface area contributed by atoms with Crippen LogP contribution in [0.2, 0.25) is 0 Å². The molecule has 0 aromatic rings. The lowest BCUT2D eigenvalue weighted by Gasteiger charge is -2.22. The Bertz CT molecular complexity index is 166. The van der Waals surface area contributed by atoms with E-state index in [1.807, 2.05) is 0 Å². The standard InChI is InChI=1S/C16H33NO/c1-2-3-4-5-6-7-9-13-17-14-12-16-11-8-10-15-18-16/h16-17H,2-15H2,1H3. The molecule has 0 aliphatic carbocycles. The predicted molar refractivity (Wildman–Crippen MR) is 79.1 cm³/mol. The van der Waals surface area contributed by atoms with Gasteiger partial charge in [0.1, 0.15) is 0 Å². The van der Waals surface area contributed by atoms with E-state index < -0.39 is 0 Å². The molecule has 1 heterocycles. The van der Waals surface area contributed by atoms with Crippen LogP contribution < -0.4 is 5.32 Å². The Balaban J connectivity index is 1.73. The summed E-state index contributed by atoms with van der Waals surface area (Å²) in [6, 6.07) is 0. The van der Waals surface area contributed by atoms with Gasteiger partial charge < -0.3 is 10.1 Å². The van der Waals surface area contributed by atoms with Crippen molar-refractivity contribution in [2.75, 3.05) is 19.7 Å². The van der Waals surface area contributed by atoms with Crippen LogP contribution in [0.5, 0.6) is 0 Å². The normalized spacial score (nSPS) is 20.2. The number of unbranched alkanes of at least 4 members (excludes halogenated alkanes) is 6. The minimum Gasteiger partial charge on any atom is -0.378 e. The van der Waals surface area contributed by atoms with Crippen LogP contribution in [0.15, 0.2) is 0 Å². The summed E-state index contributed by atoms with van der Waals surface area (Å²) in [5, 5.41) is 3.55.